The molecule has 0 bridgehead atoms. The maximum atomic E-state index is 12.2. The molecule has 0 aliphatic carbocycles. The first-order valence-corrected chi connectivity index (χ1v) is 6.54. The zero-order chi connectivity index (χ0) is 14.8. The number of nitrogens with zero attached hydrogens (tertiary/aromatic N) is 1. The van der Waals surface area contributed by atoms with Crippen LogP contribution in [-0.4, -0.2) is 53.3 Å². The van der Waals surface area contributed by atoms with E-state index >= 15 is 0 Å². The molecule has 0 aromatic heterocycles. The van der Waals surface area contributed by atoms with Gasteiger partial charge in [-0.15, -0.1) is 0 Å². The van der Waals surface area contributed by atoms with Gasteiger partial charge in [-0.1, -0.05) is 20.8 Å². The Kier molecular flexibility index (Phi) is 4.79. The van der Waals surface area contributed by atoms with Crippen LogP contribution >= 0.6 is 0 Å². The van der Waals surface area contributed by atoms with Crippen LogP contribution in [-0.2, 0) is 9.53 Å². The molecule has 110 valence electrons. The summed E-state index contributed by atoms with van der Waals surface area (Å²) >= 11 is 0. The quantitative estimate of drug-likeness (QED) is 0.794. The van der Waals surface area contributed by atoms with Gasteiger partial charge in [-0.2, -0.15) is 0 Å². The van der Waals surface area contributed by atoms with Gasteiger partial charge in [0.2, 0.25) is 0 Å². The third-order valence-corrected chi connectivity index (χ3v) is 3.25. The molecule has 1 rings (SSSR count). The number of ether oxygens (including phenoxy) is 1. The first kappa shape index (κ1) is 15.8. The number of carbonyl (C=O) groups is 2. The lowest BCUT2D eigenvalue weighted by molar-refractivity contribution is -0.142. The Morgan fingerprint density at radius 2 is 1.95 bits per heavy atom. The normalized spacial score (nSPS) is 25.8. The minimum atomic E-state index is -1.02. The fourth-order valence-corrected chi connectivity index (χ4v) is 2.04. The summed E-state index contributed by atoms with van der Waals surface area (Å²) in [4.78, 5) is 25.1. The lowest BCUT2D eigenvalue weighted by atomic mass is 9.87. The van der Waals surface area contributed by atoms with E-state index in [1.54, 1.807) is 25.7 Å². The summed E-state index contributed by atoms with van der Waals surface area (Å²) < 4.78 is 5.45. The van der Waals surface area contributed by atoms with Crippen LogP contribution in [0.5, 0.6) is 0 Å². The highest BCUT2D eigenvalue weighted by atomic mass is 16.5. The number of aliphatic carboxylic acids is 1. The SMILES string of the molecule is CC1CN(C(=O)NC(C(=O)O)C(C)(C)C)C(C)CO1. The fraction of sp³-hybridized carbons (Fsp3) is 0.846. The lowest BCUT2D eigenvalue weighted by Crippen LogP contribution is -2.58. The number of hydrogen-bond acceptors (Lipinski definition) is 3. The van der Waals surface area contributed by atoms with E-state index in [1.165, 1.54) is 0 Å². The number of urea groups is 1. The van der Waals surface area contributed by atoms with Gasteiger partial charge in [-0.05, 0) is 19.3 Å². The van der Waals surface area contributed by atoms with Crippen LogP contribution in [0.1, 0.15) is 34.6 Å². The van der Waals surface area contributed by atoms with Crippen LogP contribution in [0, 0.1) is 5.41 Å². The maximum absolute atomic E-state index is 12.2. The standard InChI is InChI=1S/C13H24N2O4/c1-8-7-19-9(2)6-15(8)12(18)14-10(11(16)17)13(3,4)5/h8-10H,6-7H2,1-5H3,(H,14,18)(H,16,17). The number of hydrogen-bond donors (Lipinski definition) is 2. The van der Waals surface area contributed by atoms with Crippen molar-refractivity contribution in [3.8, 4) is 0 Å². The predicted molar refractivity (Wildman–Crippen MR) is 71.0 cm³/mol. The number of rotatable bonds is 2. The summed E-state index contributed by atoms with van der Waals surface area (Å²) in [5, 5.41) is 11.8. The van der Waals surface area contributed by atoms with Crippen molar-refractivity contribution in [1.29, 1.82) is 0 Å². The average molecular weight is 272 g/mol. The molecular formula is C13H24N2O4. The molecule has 0 aromatic rings. The van der Waals surface area contributed by atoms with Gasteiger partial charge in [0.1, 0.15) is 6.04 Å². The summed E-state index contributed by atoms with van der Waals surface area (Å²) in [6, 6.07) is -1.30. The smallest absolute Gasteiger partial charge is 0.326 e. The maximum Gasteiger partial charge on any atom is 0.326 e. The van der Waals surface area contributed by atoms with Gasteiger partial charge in [0.25, 0.3) is 0 Å². The summed E-state index contributed by atoms with van der Waals surface area (Å²) in [6.07, 6.45) is -0.0279. The second-order valence-corrected chi connectivity index (χ2v) is 6.23. The zero-order valence-corrected chi connectivity index (χ0v) is 12.3. The van der Waals surface area contributed by atoms with Crippen LogP contribution < -0.4 is 5.32 Å². The van der Waals surface area contributed by atoms with Gasteiger partial charge in [0.05, 0.1) is 18.8 Å². The van der Waals surface area contributed by atoms with E-state index in [0.717, 1.165) is 0 Å². The molecule has 1 fully saturated rings. The molecule has 3 unspecified atom stereocenters. The minimum Gasteiger partial charge on any atom is -0.480 e. The summed E-state index contributed by atoms with van der Waals surface area (Å²) in [5.41, 5.74) is -0.539. The number of nitrogens with one attached hydrogen (secondary N) is 1. The molecule has 3 atom stereocenters. The Morgan fingerprint density at radius 3 is 2.42 bits per heavy atom. The summed E-state index contributed by atoms with van der Waals surface area (Å²) in [7, 11) is 0. The number of carboxylic acid groups (broad SMARTS) is 1. The highest BCUT2D eigenvalue weighted by Crippen LogP contribution is 2.20. The van der Waals surface area contributed by atoms with Crippen molar-refractivity contribution < 1.29 is 19.4 Å². The Labute approximate surface area is 114 Å². The molecule has 2 amide bonds. The largest absolute Gasteiger partial charge is 0.480 e. The molecule has 0 spiro atoms. The summed E-state index contributed by atoms with van der Waals surface area (Å²) in [5.74, 6) is -1.02. The van der Waals surface area contributed by atoms with Crippen molar-refractivity contribution in [3.05, 3.63) is 0 Å². The van der Waals surface area contributed by atoms with Crippen molar-refractivity contribution in [2.75, 3.05) is 13.2 Å². The predicted octanol–water partition coefficient (Wildman–Crippen LogP) is 1.30. The van der Waals surface area contributed by atoms with E-state index < -0.39 is 17.4 Å². The third kappa shape index (κ3) is 4.09. The zero-order valence-electron chi connectivity index (χ0n) is 12.3. The Bertz CT molecular complexity index is 351. The molecule has 1 heterocycles. The topological polar surface area (TPSA) is 78.9 Å². The van der Waals surface area contributed by atoms with Crippen LogP contribution in [0.25, 0.3) is 0 Å². The Balaban J connectivity index is 2.74. The monoisotopic (exact) mass is 272 g/mol. The lowest BCUT2D eigenvalue weighted by Gasteiger charge is -2.38. The van der Waals surface area contributed by atoms with Gasteiger partial charge in [-0.3, -0.25) is 0 Å². The molecule has 0 aromatic carbocycles. The number of morpholine rings is 1. The van der Waals surface area contributed by atoms with Gasteiger partial charge in [-0.25, -0.2) is 9.59 Å². The Morgan fingerprint density at radius 1 is 1.37 bits per heavy atom. The van der Waals surface area contributed by atoms with Crippen molar-refractivity contribution in [2.45, 2.75) is 52.8 Å². The molecule has 0 saturated carbocycles. The second kappa shape index (κ2) is 5.77. The minimum absolute atomic E-state index is 0.0279. The molecule has 2 N–H and O–H groups in total. The van der Waals surface area contributed by atoms with Gasteiger partial charge in [0, 0.05) is 6.54 Å². The molecule has 6 nitrogen and oxygen atoms in total. The van der Waals surface area contributed by atoms with Gasteiger partial charge < -0.3 is 20.1 Å². The van der Waals surface area contributed by atoms with Crippen molar-refractivity contribution >= 4 is 12.0 Å². The van der Waals surface area contributed by atoms with Crippen LogP contribution in [0.4, 0.5) is 4.79 Å². The first-order valence-electron chi connectivity index (χ1n) is 6.54. The van der Waals surface area contributed by atoms with E-state index in [0.29, 0.717) is 13.2 Å². The summed E-state index contributed by atoms with van der Waals surface area (Å²) in [6.45, 7) is 10.1. The fourth-order valence-electron chi connectivity index (χ4n) is 2.04. The van der Waals surface area contributed by atoms with Gasteiger partial charge >= 0.3 is 12.0 Å². The highest BCUT2D eigenvalue weighted by Gasteiger charge is 2.35. The van der Waals surface area contributed by atoms with Crippen molar-refractivity contribution in [3.63, 3.8) is 0 Å². The molecule has 1 aliphatic heterocycles. The molecule has 1 saturated heterocycles. The van der Waals surface area contributed by atoms with E-state index in [9.17, 15) is 14.7 Å². The molecule has 1 aliphatic rings. The second-order valence-electron chi connectivity index (χ2n) is 6.23. The first-order chi connectivity index (χ1) is 8.62. The number of carbonyl (C=O) groups excluding carboxylic acids is 1. The number of carboxylic acids is 1. The highest BCUT2D eigenvalue weighted by molar-refractivity contribution is 5.83. The Hall–Kier alpha value is -1.30. The van der Waals surface area contributed by atoms with Crippen LogP contribution in [0.15, 0.2) is 0 Å². The van der Waals surface area contributed by atoms with E-state index in [-0.39, 0.29) is 18.2 Å². The van der Waals surface area contributed by atoms with E-state index in [1.807, 2.05) is 13.8 Å². The van der Waals surface area contributed by atoms with Gasteiger partial charge in [0.15, 0.2) is 0 Å². The third-order valence-electron chi connectivity index (χ3n) is 3.25. The number of amides is 2. The average Bonchev–Trinajstić information content (AvgIpc) is 2.26. The van der Waals surface area contributed by atoms with Crippen molar-refractivity contribution in [2.24, 2.45) is 5.41 Å². The van der Waals surface area contributed by atoms with E-state index in [4.69, 9.17) is 4.74 Å². The molecular weight excluding hydrogens is 248 g/mol. The van der Waals surface area contributed by atoms with Crippen LogP contribution in [0.2, 0.25) is 0 Å². The molecule has 0 radical (unpaired) electrons. The van der Waals surface area contributed by atoms with E-state index in [2.05, 4.69) is 5.32 Å². The van der Waals surface area contributed by atoms with Crippen molar-refractivity contribution in [1.82, 2.24) is 10.2 Å². The molecule has 19 heavy (non-hydrogen) atoms. The van der Waals surface area contributed by atoms with Crippen LogP contribution in [0.3, 0.4) is 0 Å². The molecule has 6 heteroatoms.